The number of hydrogen-bond acceptors (Lipinski definition) is 5. The molecule has 0 aliphatic heterocycles. The molecule has 0 amide bonds. The first-order valence-corrected chi connectivity index (χ1v) is 7.33. The van der Waals surface area contributed by atoms with Gasteiger partial charge >= 0.3 is 0 Å². The molecule has 8 heteroatoms. The lowest BCUT2D eigenvalue weighted by Gasteiger charge is -2.10. The van der Waals surface area contributed by atoms with Gasteiger partial charge in [0.2, 0.25) is 0 Å². The van der Waals surface area contributed by atoms with E-state index in [-0.39, 0.29) is 16.5 Å². The number of benzene rings is 2. The molecule has 2 aromatic carbocycles. The fraction of sp³-hybridized carbons (Fsp3) is 0.0667. The van der Waals surface area contributed by atoms with Crippen LogP contribution in [0.15, 0.2) is 36.4 Å². The SMILES string of the molecule is COc1ccc(-n2c(-c3cc(Cl)c(O)cc3O)n[nH]c2=S)cc1. The average Bonchev–Trinajstić information content (AvgIpc) is 2.92. The van der Waals surface area contributed by atoms with E-state index < -0.39 is 0 Å². The number of nitrogens with one attached hydrogen (secondary N) is 1. The van der Waals surface area contributed by atoms with Gasteiger partial charge in [-0.15, -0.1) is 0 Å². The number of halogens is 1. The average molecular weight is 350 g/mol. The summed E-state index contributed by atoms with van der Waals surface area (Å²) in [7, 11) is 1.58. The predicted molar refractivity (Wildman–Crippen MR) is 89.1 cm³/mol. The Balaban J connectivity index is 2.19. The van der Waals surface area contributed by atoms with Gasteiger partial charge in [-0.3, -0.25) is 9.67 Å². The monoisotopic (exact) mass is 349 g/mol. The summed E-state index contributed by atoms with van der Waals surface area (Å²) in [6.07, 6.45) is 0. The standard InChI is InChI=1S/C15H12ClN3O3S/c1-22-9-4-2-8(3-5-9)19-14(17-18-15(19)23)10-6-11(16)13(21)7-12(10)20/h2-7,20-21H,1H3,(H,18,23). The van der Waals surface area contributed by atoms with Crippen LogP contribution in [0.3, 0.4) is 0 Å². The number of phenolic OH excluding ortho intramolecular Hbond substituents is 2. The van der Waals surface area contributed by atoms with Crippen LogP contribution in [0.1, 0.15) is 0 Å². The normalized spacial score (nSPS) is 10.7. The molecule has 0 saturated heterocycles. The molecule has 0 spiro atoms. The van der Waals surface area contributed by atoms with Crippen molar-refractivity contribution in [2.75, 3.05) is 7.11 Å². The second kappa shape index (κ2) is 5.94. The third-order valence-corrected chi connectivity index (χ3v) is 3.89. The largest absolute Gasteiger partial charge is 0.507 e. The van der Waals surface area contributed by atoms with E-state index in [1.54, 1.807) is 23.8 Å². The Kier molecular flexibility index (Phi) is 3.97. The van der Waals surface area contributed by atoms with Crippen molar-refractivity contribution in [2.24, 2.45) is 0 Å². The molecule has 1 aromatic heterocycles. The van der Waals surface area contributed by atoms with Crippen LogP contribution in [-0.4, -0.2) is 32.1 Å². The van der Waals surface area contributed by atoms with Crippen molar-refractivity contribution >= 4 is 23.8 Å². The Morgan fingerprint density at radius 3 is 2.52 bits per heavy atom. The van der Waals surface area contributed by atoms with Gasteiger partial charge in [-0.05, 0) is 42.5 Å². The summed E-state index contributed by atoms with van der Waals surface area (Å²) in [5.74, 6) is 0.717. The van der Waals surface area contributed by atoms with Crippen LogP contribution in [0, 0.1) is 4.77 Å². The molecule has 3 aromatic rings. The maximum Gasteiger partial charge on any atom is 0.200 e. The minimum Gasteiger partial charge on any atom is -0.507 e. The number of rotatable bonds is 3. The van der Waals surface area contributed by atoms with Crippen LogP contribution in [0.5, 0.6) is 17.2 Å². The molecule has 1 heterocycles. The van der Waals surface area contributed by atoms with Crippen molar-refractivity contribution in [1.82, 2.24) is 14.8 Å². The van der Waals surface area contributed by atoms with E-state index in [0.717, 1.165) is 11.8 Å². The van der Waals surface area contributed by atoms with E-state index in [2.05, 4.69) is 10.2 Å². The summed E-state index contributed by atoms with van der Waals surface area (Å²) >= 11 is 11.2. The Bertz CT molecular complexity index is 919. The van der Waals surface area contributed by atoms with Crippen LogP contribution in [0.4, 0.5) is 0 Å². The van der Waals surface area contributed by atoms with Gasteiger partial charge in [-0.25, -0.2) is 0 Å². The number of aromatic hydroxyl groups is 2. The van der Waals surface area contributed by atoms with E-state index >= 15 is 0 Å². The predicted octanol–water partition coefficient (Wildman–Crippen LogP) is 3.67. The number of methoxy groups -OCH3 is 1. The van der Waals surface area contributed by atoms with Gasteiger partial charge in [0.15, 0.2) is 10.6 Å². The highest BCUT2D eigenvalue weighted by Crippen LogP contribution is 2.37. The molecule has 0 bridgehead atoms. The topological polar surface area (TPSA) is 83.3 Å². The fourth-order valence-corrected chi connectivity index (χ4v) is 2.58. The molecule has 23 heavy (non-hydrogen) atoms. The quantitative estimate of drug-likeness (QED) is 0.628. The Labute approximate surface area is 141 Å². The lowest BCUT2D eigenvalue weighted by Crippen LogP contribution is -1.98. The maximum atomic E-state index is 10.1. The molecular formula is C15H12ClN3O3S. The summed E-state index contributed by atoms with van der Waals surface area (Å²) in [5.41, 5.74) is 1.08. The van der Waals surface area contributed by atoms with E-state index in [4.69, 9.17) is 28.6 Å². The molecule has 0 fully saturated rings. The fourth-order valence-electron chi connectivity index (χ4n) is 2.18. The molecule has 118 valence electrons. The molecule has 0 radical (unpaired) electrons. The molecule has 0 saturated carbocycles. The van der Waals surface area contributed by atoms with Gasteiger partial charge in [0.25, 0.3) is 0 Å². The molecule has 3 rings (SSSR count). The number of hydrogen-bond donors (Lipinski definition) is 3. The second-order valence-corrected chi connectivity index (χ2v) is 5.50. The van der Waals surface area contributed by atoms with Crippen molar-refractivity contribution in [2.45, 2.75) is 0 Å². The lowest BCUT2D eigenvalue weighted by atomic mass is 10.1. The highest BCUT2D eigenvalue weighted by Gasteiger charge is 2.16. The summed E-state index contributed by atoms with van der Waals surface area (Å²) in [4.78, 5) is 0. The van der Waals surface area contributed by atoms with Crippen molar-refractivity contribution in [3.63, 3.8) is 0 Å². The van der Waals surface area contributed by atoms with Crippen molar-refractivity contribution in [3.05, 3.63) is 46.2 Å². The first-order valence-electron chi connectivity index (χ1n) is 6.55. The molecule has 0 atom stereocenters. The van der Waals surface area contributed by atoms with Gasteiger partial charge in [0.05, 0.1) is 23.4 Å². The molecule has 0 aliphatic rings. The van der Waals surface area contributed by atoms with Gasteiger partial charge in [0, 0.05) is 6.07 Å². The van der Waals surface area contributed by atoms with Crippen molar-refractivity contribution in [3.8, 4) is 34.3 Å². The summed E-state index contributed by atoms with van der Waals surface area (Å²) in [5, 5.41) is 26.6. The Hall–Kier alpha value is -2.51. The number of phenols is 2. The van der Waals surface area contributed by atoms with E-state index in [1.165, 1.54) is 6.07 Å². The van der Waals surface area contributed by atoms with Crippen LogP contribution in [0.2, 0.25) is 5.02 Å². The number of H-pyrrole nitrogens is 1. The van der Waals surface area contributed by atoms with E-state index in [0.29, 0.717) is 21.9 Å². The smallest absolute Gasteiger partial charge is 0.200 e. The zero-order valence-corrected chi connectivity index (χ0v) is 13.5. The van der Waals surface area contributed by atoms with Crippen molar-refractivity contribution < 1.29 is 14.9 Å². The minimum atomic E-state index is -0.210. The third-order valence-electron chi connectivity index (χ3n) is 3.31. The second-order valence-electron chi connectivity index (χ2n) is 4.71. The maximum absolute atomic E-state index is 10.1. The van der Waals surface area contributed by atoms with Gasteiger partial charge in [0.1, 0.15) is 17.2 Å². The van der Waals surface area contributed by atoms with Crippen LogP contribution < -0.4 is 4.74 Å². The minimum absolute atomic E-state index is 0.105. The molecule has 0 unspecified atom stereocenters. The number of ether oxygens (including phenoxy) is 1. The highest BCUT2D eigenvalue weighted by molar-refractivity contribution is 7.71. The van der Waals surface area contributed by atoms with Crippen molar-refractivity contribution in [1.29, 1.82) is 0 Å². The number of aromatic nitrogens is 3. The lowest BCUT2D eigenvalue weighted by molar-refractivity contribution is 0.414. The van der Waals surface area contributed by atoms with E-state index in [9.17, 15) is 10.2 Å². The zero-order valence-electron chi connectivity index (χ0n) is 11.9. The summed E-state index contributed by atoms with van der Waals surface area (Å²) in [6.45, 7) is 0. The summed E-state index contributed by atoms with van der Waals surface area (Å²) in [6, 6.07) is 9.79. The molecule has 0 aliphatic carbocycles. The Morgan fingerprint density at radius 2 is 1.87 bits per heavy atom. The highest BCUT2D eigenvalue weighted by atomic mass is 35.5. The van der Waals surface area contributed by atoms with Gasteiger partial charge in [-0.2, -0.15) is 5.10 Å². The zero-order chi connectivity index (χ0) is 16.6. The van der Waals surface area contributed by atoms with Gasteiger partial charge < -0.3 is 14.9 Å². The van der Waals surface area contributed by atoms with Crippen LogP contribution in [0.25, 0.3) is 17.1 Å². The van der Waals surface area contributed by atoms with E-state index in [1.807, 2.05) is 12.1 Å². The first-order chi connectivity index (χ1) is 11.0. The van der Waals surface area contributed by atoms with Crippen LogP contribution >= 0.6 is 23.8 Å². The number of nitrogens with zero attached hydrogens (tertiary/aromatic N) is 2. The molecular weight excluding hydrogens is 338 g/mol. The first kappa shape index (κ1) is 15.4. The molecule has 6 nitrogen and oxygen atoms in total. The number of aromatic amines is 1. The third kappa shape index (κ3) is 2.76. The summed E-state index contributed by atoms with van der Waals surface area (Å²) < 4.78 is 7.14. The van der Waals surface area contributed by atoms with Gasteiger partial charge in [-0.1, -0.05) is 11.6 Å². The molecule has 3 N–H and O–H groups in total. The van der Waals surface area contributed by atoms with Crippen LogP contribution in [-0.2, 0) is 0 Å². The Morgan fingerprint density at radius 1 is 1.17 bits per heavy atom.